The molecule has 0 bridgehead atoms. The van der Waals surface area contributed by atoms with Gasteiger partial charge in [-0.05, 0) is 36.2 Å². The van der Waals surface area contributed by atoms with E-state index in [0.717, 1.165) is 6.42 Å². The summed E-state index contributed by atoms with van der Waals surface area (Å²) in [6.45, 7) is 2.05. The van der Waals surface area contributed by atoms with Gasteiger partial charge in [0.05, 0.1) is 5.02 Å². The molecule has 116 valence electrons. The summed E-state index contributed by atoms with van der Waals surface area (Å²) in [5.74, 6) is -0.509. The van der Waals surface area contributed by atoms with E-state index >= 15 is 0 Å². The fourth-order valence-electron chi connectivity index (χ4n) is 2.29. The number of nitrogens with one attached hydrogen (secondary N) is 1. The van der Waals surface area contributed by atoms with Crippen LogP contribution in [0.25, 0.3) is 11.0 Å². The molecule has 1 aromatic heterocycles. The first kappa shape index (κ1) is 15.3. The third-order valence-electron chi connectivity index (χ3n) is 3.58. The van der Waals surface area contributed by atoms with Crippen molar-refractivity contribution in [3.8, 4) is 0 Å². The van der Waals surface area contributed by atoms with Crippen LogP contribution in [0.15, 0.2) is 57.7 Å². The lowest BCUT2D eigenvalue weighted by atomic mass is 10.1. The first-order valence-electron chi connectivity index (χ1n) is 7.21. The molecule has 0 atom stereocenters. The molecule has 0 saturated heterocycles. The van der Waals surface area contributed by atoms with Crippen molar-refractivity contribution in [1.29, 1.82) is 0 Å². The molecule has 23 heavy (non-hydrogen) atoms. The summed E-state index contributed by atoms with van der Waals surface area (Å²) in [4.78, 5) is 24.3. The van der Waals surface area contributed by atoms with Gasteiger partial charge >= 0.3 is 5.63 Å². The minimum absolute atomic E-state index is 0.0562. The SMILES string of the molecule is CCc1ccc(NC(=O)c2cc3cccc(Cl)c3oc2=O)cc1. The zero-order valence-corrected chi connectivity index (χ0v) is 13.2. The van der Waals surface area contributed by atoms with Crippen molar-refractivity contribution >= 4 is 34.2 Å². The molecule has 0 aliphatic carbocycles. The van der Waals surface area contributed by atoms with E-state index in [1.54, 1.807) is 30.3 Å². The lowest BCUT2D eigenvalue weighted by Crippen LogP contribution is -2.20. The molecule has 1 amide bonds. The van der Waals surface area contributed by atoms with Crippen LogP contribution in [0, 0.1) is 0 Å². The maximum Gasteiger partial charge on any atom is 0.349 e. The predicted molar refractivity (Wildman–Crippen MR) is 91.3 cm³/mol. The Hall–Kier alpha value is -2.59. The molecule has 2 aromatic carbocycles. The highest BCUT2D eigenvalue weighted by Gasteiger charge is 2.15. The third kappa shape index (κ3) is 3.12. The lowest BCUT2D eigenvalue weighted by Gasteiger charge is -2.06. The van der Waals surface area contributed by atoms with E-state index in [9.17, 15) is 9.59 Å². The predicted octanol–water partition coefficient (Wildman–Crippen LogP) is 4.26. The van der Waals surface area contributed by atoms with Gasteiger partial charge in [-0.25, -0.2) is 4.79 Å². The molecule has 1 heterocycles. The van der Waals surface area contributed by atoms with Crippen LogP contribution in [0.5, 0.6) is 0 Å². The van der Waals surface area contributed by atoms with Crippen LogP contribution in [-0.4, -0.2) is 5.91 Å². The second-order valence-electron chi connectivity index (χ2n) is 5.11. The Labute approximate surface area is 137 Å². The largest absolute Gasteiger partial charge is 0.421 e. The molecule has 0 aliphatic rings. The van der Waals surface area contributed by atoms with Gasteiger partial charge in [-0.15, -0.1) is 0 Å². The molecule has 0 fully saturated rings. The number of anilines is 1. The first-order valence-corrected chi connectivity index (χ1v) is 7.59. The Morgan fingerprint density at radius 1 is 1.17 bits per heavy atom. The molecular weight excluding hydrogens is 314 g/mol. The molecule has 3 rings (SSSR count). The highest BCUT2D eigenvalue weighted by Crippen LogP contribution is 2.22. The molecule has 5 heteroatoms. The fourth-order valence-corrected chi connectivity index (χ4v) is 2.51. The summed E-state index contributed by atoms with van der Waals surface area (Å²) in [6.07, 6.45) is 0.920. The topological polar surface area (TPSA) is 59.3 Å². The van der Waals surface area contributed by atoms with Crippen LogP contribution < -0.4 is 10.9 Å². The van der Waals surface area contributed by atoms with E-state index in [0.29, 0.717) is 16.1 Å². The van der Waals surface area contributed by atoms with Crippen LogP contribution in [0.1, 0.15) is 22.8 Å². The number of fused-ring (bicyclic) bond motifs is 1. The smallest absolute Gasteiger partial charge is 0.349 e. The zero-order valence-electron chi connectivity index (χ0n) is 12.4. The van der Waals surface area contributed by atoms with Crippen LogP contribution in [0.3, 0.4) is 0 Å². The summed E-state index contributed by atoms with van der Waals surface area (Å²) in [5.41, 5.74) is 1.30. The van der Waals surface area contributed by atoms with Crippen LogP contribution in [0.4, 0.5) is 5.69 Å². The maximum atomic E-state index is 12.3. The molecule has 3 aromatic rings. The second kappa shape index (κ2) is 6.26. The third-order valence-corrected chi connectivity index (χ3v) is 3.87. The van der Waals surface area contributed by atoms with Crippen molar-refractivity contribution < 1.29 is 9.21 Å². The monoisotopic (exact) mass is 327 g/mol. The van der Waals surface area contributed by atoms with Gasteiger partial charge in [0.15, 0.2) is 5.58 Å². The van der Waals surface area contributed by atoms with Gasteiger partial charge in [0.1, 0.15) is 5.56 Å². The van der Waals surface area contributed by atoms with Gasteiger partial charge in [0.2, 0.25) is 0 Å². The molecule has 0 radical (unpaired) electrons. The number of hydrogen-bond acceptors (Lipinski definition) is 3. The number of hydrogen-bond donors (Lipinski definition) is 1. The Morgan fingerprint density at radius 3 is 2.61 bits per heavy atom. The molecule has 4 nitrogen and oxygen atoms in total. The molecule has 0 unspecified atom stereocenters. The maximum absolute atomic E-state index is 12.3. The first-order chi connectivity index (χ1) is 11.1. The number of halogens is 1. The van der Waals surface area contributed by atoms with Crippen LogP contribution in [0.2, 0.25) is 5.02 Å². The van der Waals surface area contributed by atoms with E-state index in [2.05, 4.69) is 12.2 Å². The van der Waals surface area contributed by atoms with E-state index in [1.807, 2.05) is 12.1 Å². The van der Waals surface area contributed by atoms with Crippen LogP contribution in [-0.2, 0) is 6.42 Å². The molecule has 0 saturated carbocycles. The number of carbonyl (C=O) groups excluding carboxylic acids is 1. The Morgan fingerprint density at radius 2 is 1.91 bits per heavy atom. The summed E-state index contributed by atoms with van der Waals surface area (Å²) in [5, 5.41) is 3.63. The van der Waals surface area contributed by atoms with E-state index in [-0.39, 0.29) is 11.1 Å². The van der Waals surface area contributed by atoms with E-state index in [1.165, 1.54) is 11.6 Å². The Bertz CT molecular complexity index is 929. The second-order valence-corrected chi connectivity index (χ2v) is 5.52. The lowest BCUT2D eigenvalue weighted by molar-refractivity contribution is 0.102. The van der Waals surface area contributed by atoms with Gasteiger partial charge in [-0.2, -0.15) is 0 Å². The van der Waals surface area contributed by atoms with Crippen molar-refractivity contribution in [2.45, 2.75) is 13.3 Å². The van der Waals surface area contributed by atoms with E-state index < -0.39 is 11.5 Å². The van der Waals surface area contributed by atoms with Gasteiger partial charge < -0.3 is 9.73 Å². The van der Waals surface area contributed by atoms with E-state index in [4.69, 9.17) is 16.0 Å². The van der Waals surface area contributed by atoms with Gasteiger partial charge in [0.25, 0.3) is 5.91 Å². The highest BCUT2D eigenvalue weighted by atomic mass is 35.5. The summed E-state index contributed by atoms with van der Waals surface area (Å²) >= 11 is 5.99. The number of rotatable bonds is 3. The van der Waals surface area contributed by atoms with Gasteiger partial charge in [-0.3, -0.25) is 4.79 Å². The normalized spacial score (nSPS) is 10.7. The van der Waals surface area contributed by atoms with Crippen LogP contribution >= 0.6 is 11.6 Å². The minimum Gasteiger partial charge on any atom is -0.421 e. The molecule has 0 spiro atoms. The number of aryl methyl sites for hydroxylation is 1. The van der Waals surface area contributed by atoms with Crippen molar-refractivity contribution in [1.82, 2.24) is 0 Å². The standard InChI is InChI=1S/C18H14ClNO3/c1-2-11-6-8-13(9-7-11)20-17(21)14-10-12-4-3-5-15(19)16(12)23-18(14)22/h3-10H,2H2,1H3,(H,20,21). The average Bonchev–Trinajstić information content (AvgIpc) is 2.56. The zero-order chi connectivity index (χ0) is 16.4. The highest BCUT2D eigenvalue weighted by molar-refractivity contribution is 6.34. The van der Waals surface area contributed by atoms with Gasteiger partial charge in [-0.1, -0.05) is 42.8 Å². The van der Waals surface area contributed by atoms with Crippen molar-refractivity contribution in [3.63, 3.8) is 0 Å². The Kier molecular flexibility index (Phi) is 4.17. The fraction of sp³-hybridized carbons (Fsp3) is 0.111. The number of amides is 1. The summed E-state index contributed by atoms with van der Waals surface area (Å²) < 4.78 is 5.17. The molecular formula is C18H14ClNO3. The van der Waals surface area contributed by atoms with Crippen molar-refractivity contribution in [2.24, 2.45) is 0 Å². The van der Waals surface area contributed by atoms with Gasteiger partial charge in [0, 0.05) is 11.1 Å². The molecule has 1 N–H and O–H groups in total. The average molecular weight is 328 g/mol. The molecule has 0 aliphatic heterocycles. The Balaban J connectivity index is 1.94. The number of benzene rings is 2. The number of para-hydroxylation sites is 1. The minimum atomic E-state index is -0.715. The quantitative estimate of drug-likeness (QED) is 0.731. The van der Waals surface area contributed by atoms with Crippen molar-refractivity contribution in [3.05, 3.63) is 75.1 Å². The number of carbonyl (C=O) groups is 1. The summed E-state index contributed by atoms with van der Waals surface area (Å²) in [6, 6.07) is 14.0. The van der Waals surface area contributed by atoms with Crippen molar-refractivity contribution in [2.75, 3.05) is 5.32 Å². The summed E-state index contributed by atoms with van der Waals surface area (Å²) in [7, 11) is 0.